The van der Waals surface area contributed by atoms with E-state index < -0.39 is 17.6 Å². The second-order valence-electron chi connectivity index (χ2n) is 3.01. The maximum Gasteiger partial charge on any atom is 0.374 e. The summed E-state index contributed by atoms with van der Waals surface area (Å²) in [7, 11) is 1.08. The lowest BCUT2D eigenvalue weighted by Crippen LogP contribution is -2.18. The number of hydrogen-bond acceptors (Lipinski definition) is 4. The first-order valence-corrected chi connectivity index (χ1v) is 4.38. The van der Waals surface area contributed by atoms with Gasteiger partial charge in [0.2, 0.25) is 5.78 Å². The number of rotatable bonds is 3. The van der Waals surface area contributed by atoms with E-state index >= 15 is 0 Å². The van der Waals surface area contributed by atoms with Crippen molar-refractivity contribution in [1.29, 1.82) is 5.26 Å². The lowest BCUT2D eigenvalue weighted by atomic mass is 10.1. The molecule has 5 heteroatoms. The molecule has 0 aliphatic carbocycles. The maximum atomic E-state index is 13.3. The van der Waals surface area contributed by atoms with Gasteiger partial charge in [-0.05, 0) is 17.7 Å². The molecule has 0 atom stereocenters. The molecule has 0 N–H and O–H groups in total. The van der Waals surface area contributed by atoms with Crippen LogP contribution in [-0.2, 0) is 20.7 Å². The molecule has 16 heavy (non-hydrogen) atoms. The van der Waals surface area contributed by atoms with Crippen LogP contribution in [-0.4, -0.2) is 18.9 Å². The van der Waals surface area contributed by atoms with Crippen LogP contribution in [0.15, 0.2) is 18.2 Å². The summed E-state index contributed by atoms with van der Waals surface area (Å²) in [6.07, 6.45) is -0.371. The van der Waals surface area contributed by atoms with Gasteiger partial charge in [-0.3, -0.25) is 4.79 Å². The zero-order chi connectivity index (χ0) is 12.1. The van der Waals surface area contributed by atoms with Crippen molar-refractivity contribution >= 4 is 11.8 Å². The number of carbonyl (C=O) groups is 2. The lowest BCUT2D eigenvalue weighted by molar-refractivity contribution is -0.151. The Morgan fingerprint density at radius 2 is 2.19 bits per heavy atom. The van der Waals surface area contributed by atoms with E-state index in [2.05, 4.69) is 4.74 Å². The Hall–Kier alpha value is -2.22. The van der Waals surface area contributed by atoms with Gasteiger partial charge in [0.1, 0.15) is 5.82 Å². The molecule has 0 saturated carbocycles. The Kier molecular flexibility index (Phi) is 3.72. The number of hydrogen-bond donors (Lipinski definition) is 0. The maximum absolute atomic E-state index is 13.3. The van der Waals surface area contributed by atoms with Gasteiger partial charge in [-0.15, -0.1) is 0 Å². The molecule has 1 aromatic rings. The molecular weight excluding hydrogens is 213 g/mol. The minimum Gasteiger partial charge on any atom is -0.463 e. The standard InChI is InChI=1S/C11H8FNO3/c1-16-11(15)10(14)5-8-3-2-7(6-13)4-9(8)12/h2-4H,5H2,1H3. The number of ether oxygens (including phenoxy) is 1. The number of carbonyl (C=O) groups excluding carboxylic acids is 2. The number of ketones is 1. The predicted molar refractivity (Wildman–Crippen MR) is 51.8 cm³/mol. The summed E-state index contributed by atoms with van der Waals surface area (Å²) in [6, 6.07) is 5.46. The molecule has 0 saturated heterocycles. The van der Waals surface area contributed by atoms with Crippen molar-refractivity contribution in [3.05, 3.63) is 35.1 Å². The zero-order valence-corrected chi connectivity index (χ0v) is 8.49. The van der Waals surface area contributed by atoms with Crippen molar-refractivity contribution in [2.75, 3.05) is 7.11 Å². The Morgan fingerprint density at radius 3 is 2.69 bits per heavy atom. The van der Waals surface area contributed by atoms with Crippen molar-refractivity contribution in [3.63, 3.8) is 0 Å². The second-order valence-corrected chi connectivity index (χ2v) is 3.01. The highest BCUT2D eigenvalue weighted by Crippen LogP contribution is 2.11. The van der Waals surface area contributed by atoms with Gasteiger partial charge in [0.15, 0.2) is 0 Å². The summed E-state index contributed by atoms with van der Waals surface area (Å²) < 4.78 is 17.5. The average Bonchev–Trinajstić information content (AvgIpc) is 2.30. The van der Waals surface area contributed by atoms with Crippen LogP contribution in [0.4, 0.5) is 4.39 Å². The van der Waals surface area contributed by atoms with E-state index in [0.717, 1.165) is 13.2 Å². The predicted octanol–water partition coefficient (Wildman–Crippen LogP) is 0.982. The molecule has 0 bridgehead atoms. The Balaban J connectivity index is 2.87. The molecule has 0 fully saturated rings. The largest absolute Gasteiger partial charge is 0.463 e. The molecule has 82 valence electrons. The van der Waals surface area contributed by atoms with E-state index in [1.54, 1.807) is 6.07 Å². The minimum absolute atomic E-state index is 0.0643. The number of halogens is 1. The zero-order valence-electron chi connectivity index (χ0n) is 8.49. The summed E-state index contributed by atoms with van der Waals surface area (Å²) >= 11 is 0. The van der Waals surface area contributed by atoms with Crippen LogP contribution in [0, 0.1) is 17.1 Å². The summed E-state index contributed by atoms with van der Waals surface area (Å²) in [5, 5.41) is 8.50. The second kappa shape index (κ2) is 5.03. The number of Topliss-reactive ketones (excluding diaryl/α,β-unsaturated/α-hetero) is 1. The van der Waals surface area contributed by atoms with E-state index in [-0.39, 0.29) is 17.5 Å². The number of nitrogens with zero attached hydrogens (tertiary/aromatic N) is 1. The molecule has 0 unspecified atom stereocenters. The monoisotopic (exact) mass is 221 g/mol. The van der Waals surface area contributed by atoms with E-state index in [9.17, 15) is 14.0 Å². The lowest BCUT2D eigenvalue weighted by Gasteiger charge is -2.01. The fourth-order valence-electron chi connectivity index (χ4n) is 1.12. The van der Waals surface area contributed by atoms with Gasteiger partial charge < -0.3 is 4.74 Å². The van der Waals surface area contributed by atoms with Gasteiger partial charge in [0.25, 0.3) is 0 Å². The van der Waals surface area contributed by atoms with Crippen molar-refractivity contribution in [2.45, 2.75) is 6.42 Å². The van der Waals surface area contributed by atoms with Gasteiger partial charge >= 0.3 is 5.97 Å². The number of esters is 1. The Bertz CT molecular complexity index is 477. The highest BCUT2D eigenvalue weighted by atomic mass is 19.1. The molecule has 4 nitrogen and oxygen atoms in total. The van der Waals surface area contributed by atoms with Crippen molar-refractivity contribution in [2.24, 2.45) is 0 Å². The van der Waals surface area contributed by atoms with Crippen LogP contribution in [0.5, 0.6) is 0 Å². The molecule has 1 rings (SSSR count). The Morgan fingerprint density at radius 1 is 1.50 bits per heavy atom. The quantitative estimate of drug-likeness (QED) is 0.563. The van der Waals surface area contributed by atoms with Gasteiger partial charge in [-0.1, -0.05) is 6.07 Å². The summed E-state index contributed by atoms with van der Waals surface area (Å²) in [6.45, 7) is 0. The van der Waals surface area contributed by atoms with Crippen LogP contribution >= 0.6 is 0 Å². The molecule has 0 aliphatic heterocycles. The first-order valence-electron chi connectivity index (χ1n) is 4.38. The first-order chi connectivity index (χ1) is 7.58. The third-order valence-corrected chi connectivity index (χ3v) is 1.95. The van der Waals surface area contributed by atoms with Crippen molar-refractivity contribution in [1.82, 2.24) is 0 Å². The molecular formula is C11H8FNO3. The summed E-state index contributed by atoms with van der Waals surface area (Å²) in [4.78, 5) is 21.9. The normalized spacial score (nSPS) is 9.31. The average molecular weight is 221 g/mol. The van der Waals surface area contributed by atoms with Gasteiger partial charge in [0.05, 0.1) is 18.7 Å². The van der Waals surface area contributed by atoms with Gasteiger partial charge in [-0.2, -0.15) is 5.26 Å². The number of nitriles is 1. The molecule has 0 amide bonds. The topological polar surface area (TPSA) is 67.2 Å². The smallest absolute Gasteiger partial charge is 0.374 e. The van der Waals surface area contributed by atoms with Crippen LogP contribution in [0.3, 0.4) is 0 Å². The third kappa shape index (κ3) is 2.64. The van der Waals surface area contributed by atoms with E-state index in [4.69, 9.17) is 5.26 Å². The highest BCUT2D eigenvalue weighted by molar-refractivity contribution is 6.34. The van der Waals surface area contributed by atoms with Crippen LogP contribution in [0.2, 0.25) is 0 Å². The minimum atomic E-state index is -1.01. The fourth-order valence-corrected chi connectivity index (χ4v) is 1.12. The van der Waals surface area contributed by atoms with Crippen LogP contribution < -0.4 is 0 Å². The fraction of sp³-hybridized carbons (Fsp3) is 0.182. The summed E-state index contributed by atoms with van der Waals surface area (Å²) in [5.41, 5.74) is 0.223. The first kappa shape index (κ1) is 11.9. The molecule has 0 radical (unpaired) electrons. The molecule has 1 aromatic carbocycles. The third-order valence-electron chi connectivity index (χ3n) is 1.95. The summed E-state index contributed by atoms with van der Waals surface area (Å²) in [5.74, 6) is -2.52. The van der Waals surface area contributed by atoms with E-state index in [0.29, 0.717) is 0 Å². The number of benzene rings is 1. The number of methoxy groups -OCH3 is 1. The molecule has 0 aliphatic rings. The highest BCUT2D eigenvalue weighted by Gasteiger charge is 2.16. The molecule has 0 heterocycles. The molecule has 0 spiro atoms. The van der Waals surface area contributed by atoms with Gasteiger partial charge in [0, 0.05) is 6.42 Å². The van der Waals surface area contributed by atoms with Crippen LogP contribution in [0.1, 0.15) is 11.1 Å². The van der Waals surface area contributed by atoms with Crippen molar-refractivity contribution in [3.8, 4) is 6.07 Å². The Labute approximate surface area is 91.3 Å². The van der Waals surface area contributed by atoms with Crippen LogP contribution in [0.25, 0.3) is 0 Å². The molecule has 0 aromatic heterocycles. The van der Waals surface area contributed by atoms with Crippen molar-refractivity contribution < 1.29 is 18.7 Å². The SMILES string of the molecule is COC(=O)C(=O)Cc1ccc(C#N)cc1F. The van der Waals surface area contributed by atoms with Gasteiger partial charge in [-0.25, -0.2) is 9.18 Å². The van der Waals surface area contributed by atoms with E-state index in [1.165, 1.54) is 12.1 Å². The van der Waals surface area contributed by atoms with E-state index in [1.807, 2.05) is 0 Å².